The number of ether oxygens (including phenoxy) is 1. The van der Waals surface area contributed by atoms with E-state index in [1.54, 1.807) is 18.2 Å². The lowest BCUT2D eigenvalue weighted by molar-refractivity contribution is -0.122. The molecular weight excluding hydrogens is 471 g/mol. The minimum Gasteiger partial charge on any atom is -0.495 e. The molecule has 0 fully saturated rings. The Hall–Kier alpha value is -2.58. The van der Waals surface area contributed by atoms with E-state index in [1.165, 1.54) is 25.3 Å². The number of carbonyl (C=O) groups excluding carboxylic acids is 1. The summed E-state index contributed by atoms with van der Waals surface area (Å²) in [5.41, 5.74) is 1.52. The molecule has 0 aliphatic carbocycles. The van der Waals surface area contributed by atoms with E-state index in [0.717, 1.165) is 11.1 Å². The summed E-state index contributed by atoms with van der Waals surface area (Å²) in [7, 11) is -2.77. The quantitative estimate of drug-likeness (QED) is 0.468. The van der Waals surface area contributed by atoms with Gasteiger partial charge in [0.25, 0.3) is 0 Å². The van der Waals surface area contributed by atoms with Crippen LogP contribution in [0.4, 0.5) is 0 Å². The van der Waals surface area contributed by atoms with Crippen molar-refractivity contribution >= 4 is 39.1 Å². The standard InChI is InChI=1S/C23H22Cl2N2O4S/c1-31-21-12-11-18(24)14-22(21)32(29,30)27-20(13-16-7-3-2-4-8-16)23(28)26-15-17-9-5-6-10-19(17)25/h2-12,14,20,27H,13,15H2,1H3,(H,26,28)/t20-/m1/s1. The Bertz CT molecular complexity index is 1190. The van der Waals surface area contributed by atoms with Crippen molar-refractivity contribution in [3.05, 3.63) is 94.0 Å². The van der Waals surface area contributed by atoms with Crippen LogP contribution in [0.2, 0.25) is 10.0 Å². The summed E-state index contributed by atoms with van der Waals surface area (Å²) in [6.07, 6.45) is 0.150. The first kappa shape index (κ1) is 24.1. The molecule has 0 saturated heterocycles. The monoisotopic (exact) mass is 492 g/mol. The molecule has 0 bridgehead atoms. The molecule has 3 rings (SSSR count). The van der Waals surface area contributed by atoms with Gasteiger partial charge in [0.05, 0.1) is 7.11 Å². The molecule has 6 nitrogen and oxygen atoms in total. The second kappa shape index (κ2) is 10.8. The van der Waals surface area contributed by atoms with Gasteiger partial charge in [0, 0.05) is 16.6 Å². The summed E-state index contributed by atoms with van der Waals surface area (Å²) < 4.78 is 34.0. The maximum atomic E-state index is 13.1. The fourth-order valence-electron chi connectivity index (χ4n) is 3.10. The maximum absolute atomic E-state index is 13.1. The fraction of sp³-hybridized carbons (Fsp3) is 0.174. The van der Waals surface area contributed by atoms with Crippen molar-refractivity contribution in [1.82, 2.24) is 10.0 Å². The predicted molar refractivity (Wildman–Crippen MR) is 126 cm³/mol. The molecule has 0 spiro atoms. The molecule has 0 saturated carbocycles. The Labute approximate surface area is 197 Å². The maximum Gasteiger partial charge on any atom is 0.245 e. The van der Waals surface area contributed by atoms with E-state index in [0.29, 0.717) is 5.02 Å². The molecule has 1 atom stereocenters. The summed E-state index contributed by atoms with van der Waals surface area (Å²) in [5, 5.41) is 3.51. The second-order valence-electron chi connectivity index (χ2n) is 6.97. The van der Waals surface area contributed by atoms with Crippen LogP contribution in [-0.2, 0) is 27.8 Å². The molecular formula is C23H22Cl2N2O4S. The molecule has 0 radical (unpaired) electrons. The summed E-state index contributed by atoms with van der Waals surface area (Å²) in [4.78, 5) is 12.9. The third-order valence-corrected chi connectivity index (χ3v) is 6.82. The SMILES string of the molecule is COc1ccc(Cl)cc1S(=O)(=O)N[C@H](Cc1ccccc1)C(=O)NCc1ccccc1Cl. The highest BCUT2D eigenvalue weighted by Gasteiger charge is 2.28. The van der Waals surface area contributed by atoms with Crippen LogP contribution < -0.4 is 14.8 Å². The first-order valence-electron chi connectivity index (χ1n) is 9.71. The minimum atomic E-state index is -4.13. The number of methoxy groups -OCH3 is 1. The lowest BCUT2D eigenvalue weighted by Crippen LogP contribution is -2.47. The van der Waals surface area contributed by atoms with E-state index in [2.05, 4.69) is 10.0 Å². The molecule has 1 amide bonds. The van der Waals surface area contributed by atoms with Crippen molar-refractivity contribution < 1.29 is 17.9 Å². The zero-order valence-electron chi connectivity index (χ0n) is 17.2. The van der Waals surface area contributed by atoms with Gasteiger partial charge in [-0.05, 0) is 41.8 Å². The fourth-order valence-corrected chi connectivity index (χ4v) is 4.93. The molecule has 168 valence electrons. The van der Waals surface area contributed by atoms with Gasteiger partial charge in [0.2, 0.25) is 15.9 Å². The predicted octanol–water partition coefficient (Wildman–Crippen LogP) is 4.21. The molecule has 9 heteroatoms. The second-order valence-corrected chi connectivity index (χ2v) is 9.49. The molecule has 2 N–H and O–H groups in total. The van der Waals surface area contributed by atoms with Crippen LogP contribution in [-0.4, -0.2) is 27.5 Å². The highest BCUT2D eigenvalue weighted by atomic mass is 35.5. The molecule has 0 heterocycles. The Kier molecular flexibility index (Phi) is 8.15. The van der Waals surface area contributed by atoms with Crippen LogP contribution in [0.5, 0.6) is 5.75 Å². The van der Waals surface area contributed by atoms with E-state index in [-0.39, 0.29) is 28.6 Å². The number of hydrogen-bond acceptors (Lipinski definition) is 4. The van der Waals surface area contributed by atoms with Gasteiger partial charge in [-0.2, -0.15) is 4.72 Å². The molecule has 3 aromatic rings. The topological polar surface area (TPSA) is 84.5 Å². The summed E-state index contributed by atoms with van der Waals surface area (Å²) in [6.45, 7) is 0.159. The number of halogens is 2. The van der Waals surface area contributed by atoms with E-state index in [9.17, 15) is 13.2 Å². The van der Waals surface area contributed by atoms with Gasteiger partial charge < -0.3 is 10.1 Å². The van der Waals surface area contributed by atoms with E-state index >= 15 is 0 Å². The lowest BCUT2D eigenvalue weighted by atomic mass is 10.1. The van der Waals surface area contributed by atoms with E-state index < -0.39 is 22.0 Å². The van der Waals surface area contributed by atoms with Crippen LogP contribution in [0.25, 0.3) is 0 Å². The lowest BCUT2D eigenvalue weighted by Gasteiger charge is -2.20. The van der Waals surface area contributed by atoms with Gasteiger partial charge in [-0.1, -0.05) is 71.7 Å². The van der Waals surface area contributed by atoms with Gasteiger partial charge >= 0.3 is 0 Å². The van der Waals surface area contributed by atoms with Crippen LogP contribution >= 0.6 is 23.2 Å². The summed E-state index contributed by atoms with van der Waals surface area (Å²) >= 11 is 12.2. The van der Waals surface area contributed by atoms with Crippen molar-refractivity contribution in [1.29, 1.82) is 0 Å². The molecule has 0 aliphatic rings. The highest BCUT2D eigenvalue weighted by molar-refractivity contribution is 7.89. The number of amides is 1. The zero-order chi connectivity index (χ0) is 23.1. The third kappa shape index (κ3) is 6.23. The van der Waals surface area contributed by atoms with E-state index in [1.807, 2.05) is 36.4 Å². The molecule has 0 aliphatic heterocycles. The van der Waals surface area contributed by atoms with Crippen LogP contribution in [0.3, 0.4) is 0 Å². The average Bonchev–Trinajstić information content (AvgIpc) is 2.78. The van der Waals surface area contributed by atoms with Crippen molar-refractivity contribution in [2.45, 2.75) is 23.9 Å². The number of hydrogen-bond donors (Lipinski definition) is 2. The first-order chi connectivity index (χ1) is 15.3. The largest absolute Gasteiger partial charge is 0.495 e. The Morgan fingerprint density at radius 2 is 1.69 bits per heavy atom. The molecule has 0 unspecified atom stereocenters. The van der Waals surface area contributed by atoms with Crippen molar-refractivity contribution in [2.24, 2.45) is 0 Å². The van der Waals surface area contributed by atoms with Gasteiger partial charge in [0.1, 0.15) is 16.7 Å². The Morgan fingerprint density at radius 1 is 1.00 bits per heavy atom. The van der Waals surface area contributed by atoms with Crippen LogP contribution in [0.1, 0.15) is 11.1 Å². The smallest absolute Gasteiger partial charge is 0.245 e. The van der Waals surface area contributed by atoms with Gasteiger partial charge in [-0.25, -0.2) is 8.42 Å². The number of sulfonamides is 1. The highest BCUT2D eigenvalue weighted by Crippen LogP contribution is 2.27. The van der Waals surface area contributed by atoms with Gasteiger partial charge in [0.15, 0.2) is 0 Å². The minimum absolute atomic E-state index is 0.122. The summed E-state index contributed by atoms with van der Waals surface area (Å²) in [6, 6.07) is 19.4. The summed E-state index contributed by atoms with van der Waals surface area (Å²) in [5.74, 6) is -0.366. The van der Waals surface area contributed by atoms with Crippen LogP contribution in [0, 0.1) is 0 Å². The first-order valence-corrected chi connectivity index (χ1v) is 11.9. The molecule has 32 heavy (non-hydrogen) atoms. The number of carbonyl (C=O) groups is 1. The molecule has 3 aromatic carbocycles. The molecule has 0 aromatic heterocycles. The van der Waals surface area contributed by atoms with Crippen molar-refractivity contribution in [3.63, 3.8) is 0 Å². The number of benzene rings is 3. The Morgan fingerprint density at radius 3 is 2.38 bits per heavy atom. The third-order valence-electron chi connectivity index (χ3n) is 4.72. The van der Waals surface area contributed by atoms with Crippen molar-refractivity contribution in [3.8, 4) is 5.75 Å². The average molecular weight is 493 g/mol. The zero-order valence-corrected chi connectivity index (χ0v) is 19.5. The number of rotatable bonds is 9. The van der Waals surface area contributed by atoms with Gasteiger partial charge in [-0.3, -0.25) is 4.79 Å². The van der Waals surface area contributed by atoms with Gasteiger partial charge in [-0.15, -0.1) is 0 Å². The Balaban J connectivity index is 1.86. The number of nitrogens with one attached hydrogen (secondary N) is 2. The van der Waals surface area contributed by atoms with E-state index in [4.69, 9.17) is 27.9 Å². The van der Waals surface area contributed by atoms with Crippen molar-refractivity contribution in [2.75, 3.05) is 7.11 Å². The normalized spacial score (nSPS) is 12.2. The van der Waals surface area contributed by atoms with Crippen LogP contribution in [0.15, 0.2) is 77.7 Å².